The predicted molar refractivity (Wildman–Crippen MR) is 136 cm³/mol. The summed E-state index contributed by atoms with van der Waals surface area (Å²) in [6, 6.07) is 0. The van der Waals surface area contributed by atoms with E-state index in [4.69, 9.17) is 9.47 Å². The average molecular weight is 454 g/mol. The summed E-state index contributed by atoms with van der Waals surface area (Å²) in [6.07, 6.45) is 22.6. The fraction of sp³-hybridized carbons (Fsp3) is 0.964. The van der Waals surface area contributed by atoms with Gasteiger partial charge in [0.25, 0.3) is 0 Å². The van der Waals surface area contributed by atoms with E-state index in [1.54, 1.807) is 0 Å². The van der Waals surface area contributed by atoms with E-state index in [1.165, 1.54) is 89.9 Å². The van der Waals surface area contributed by atoms with Gasteiger partial charge in [-0.25, -0.2) is 4.79 Å². The Labute approximate surface area is 200 Å². The van der Waals surface area contributed by atoms with Gasteiger partial charge in [-0.3, -0.25) is 0 Å². The Morgan fingerprint density at radius 3 is 1.47 bits per heavy atom. The summed E-state index contributed by atoms with van der Waals surface area (Å²) in [7, 11) is 0. The second kappa shape index (κ2) is 16.8. The Balaban J connectivity index is 1.86. The van der Waals surface area contributed by atoms with E-state index in [2.05, 4.69) is 39.9 Å². The molecule has 0 bridgehead atoms. The number of hydrogen-bond donors (Lipinski definition) is 1. The van der Waals surface area contributed by atoms with Crippen molar-refractivity contribution in [2.45, 2.75) is 167 Å². The van der Waals surface area contributed by atoms with Gasteiger partial charge in [-0.2, -0.15) is 0 Å². The highest BCUT2D eigenvalue weighted by molar-refractivity contribution is 5.60. The Morgan fingerprint density at radius 1 is 0.688 bits per heavy atom. The molecule has 0 radical (unpaired) electrons. The fourth-order valence-corrected chi connectivity index (χ4v) is 5.29. The van der Waals surface area contributed by atoms with Crippen molar-refractivity contribution in [1.82, 2.24) is 5.32 Å². The van der Waals surface area contributed by atoms with Gasteiger partial charge in [0.15, 0.2) is 0 Å². The minimum absolute atomic E-state index is 0.0272. The summed E-state index contributed by atoms with van der Waals surface area (Å²) >= 11 is 0. The third kappa shape index (κ3) is 15.9. The molecule has 0 aromatic carbocycles. The van der Waals surface area contributed by atoms with Gasteiger partial charge in [-0.05, 0) is 34.1 Å². The molecule has 1 aliphatic heterocycles. The van der Waals surface area contributed by atoms with Crippen molar-refractivity contribution in [3.8, 4) is 0 Å². The number of carbonyl (C=O) groups is 1. The molecule has 1 heterocycles. The number of piperidine rings is 1. The molecule has 0 saturated carbocycles. The maximum atomic E-state index is 12.0. The third-order valence-corrected chi connectivity index (χ3v) is 6.63. The molecule has 32 heavy (non-hydrogen) atoms. The van der Waals surface area contributed by atoms with Gasteiger partial charge in [0.1, 0.15) is 6.10 Å². The van der Waals surface area contributed by atoms with E-state index in [-0.39, 0.29) is 17.2 Å². The number of hydrogen-bond acceptors (Lipinski definition) is 4. The molecule has 0 atom stereocenters. The van der Waals surface area contributed by atoms with Gasteiger partial charge in [0, 0.05) is 23.9 Å². The zero-order valence-electron chi connectivity index (χ0n) is 22.2. The highest BCUT2D eigenvalue weighted by Crippen LogP contribution is 2.30. The van der Waals surface area contributed by atoms with Crippen molar-refractivity contribution in [3.05, 3.63) is 0 Å². The lowest BCUT2D eigenvalue weighted by Gasteiger charge is -2.45. The molecular formula is C28H55NO3. The van der Waals surface area contributed by atoms with E-state index in [1.807, 2.05) is 0 Å². The van der Waals surface area contributed by atoms with Crippen LogP contribution in [0.15, 0.2) is 0 Å². The van der Waals surface area contributed by atoms with Crippen molar-refractivity contribution < 1.29 is 14.3 Å². The predicted octanol–water partition coefficient (Wildman–Crippen LogP) is 8.71. The van der Waals surface area contributed by atoms with Crippen molar-refractivity contribution in [1.29, 1.82) is 0 Å². The summed E-state index contributed by atoms with van der Waals surface area (Å²) in [5.41, 5.74) is -0.0544. The van der Waals surface area contributed by atoms with E-state index < -0.39 is 6.16 Å². The van der Waals surface area contributed by atoms with Crippen LogP contribution >= 0.6 is 0 Å². The highest BCUT2D eigenvalue weighted by atomic mass is 16.7. The molecular weight excluding hydrogens is 398 g/mol. The molecule has 0 unspecified atom stereocenters. The molecule has 0 spiro atoms. The Hall–Kier alpha value is -0.770. The molecule has 4 heteroatoms. The van der Waals surface area contributed by atoms with Crippen LogP contribution in [0.3, 0.4) is 0 Å². The molecule has 1 fully saturated rings. The van der Waals surface area contributed by atoms with E-state index >= 15 is 0 Å². The minimum Gasteiger partial charge on any atom is -0.434 e. The van der Waals surface area contributed by atoms with Gasteiger partial charge in [-0.1, -0.05) is 103 Å². The van der Waals surface area contributed by atoms with Crippen LogP contribution in [0.25, 0.3) is 0 Å². The van der Waals surface area contributed by atoms with Gasteiger partial charge < -0.3 is 14.8 Å². The lowest BCUT2D eigenvalue weighted by molar-refractivity contribution is -0.0198. The van der Waals surface area contributed by atoms with Gasteiger partial charge >= 0.3 is 6.16 Å². The molecule has 0 aliphatic carbocycles. The largest absolute Gasteiger partial charge is 0.508 e. The molecule has 1 saturated heterocycles. The van der Waals surface area contributed by atoms with Crippen LogP contribution in [-0.2, 0) is 9.47 Å². The topological polar surface area (TPSA) is 47.6 Å². The van der Waals surface area contributed by atoms with Gasteiger partial charge in [0.2, 0.25) is 0 Å². The first-order chi connectivity index (χ1) is 15.2. The molecule has 1 rings (SSSR count). The number of rotatable bonds is 18. The summed E-state index contributed by atoms with van der Waals surface area (Å²) in [5, 5.41) is 3.61. The van der Waals surface area contributed by atoms with Crippen LogP contribution in [0.5, 0.6) is 0 Å². The first-order valence-electron chi connectivity index (χ1n) is 13.9. The van der Waals surface area contributed by atoms with Crippen LogP contribution in [0, 0.1) is 0 Å². The number of carbonyl (C=O) groups excluding carboxylic acids is 1. The zero-order chi connectivity index (χ0) is 23.7. The average Bonchev–Trinajstić information content (AvgIpc) is 2.68. The summed E-state index contributed by atoms with van der Waals surface area (Å²) in [5.74, 6) is 0. The van der Waals surface area contributed by atoms with Crippen molar-refractivity contribution in [3.63, 3.8) is 0 Å². The standard InChI is InChI=1S/C28H55NO3/c1-6-7-8-9-10-11-12-13-14-15-16-17-18-19-20-21-22-31-26(30)32-25-23-27(2,3)29-28(4,5)24-25/h25,29H,6-24H2,1-5H3. The Morgan fingerprint density at radius 2 is 1.06 bits per heavy atom. The lowest BCUT2D eigenvalue weighted by Crippen LogP contribution is -2.59. The van der Waals surface area contributed by atoms with E-state index in [0.29, 0.717) is 6.61 Å². The second-order valence-electron chi connectivity index (χ2n) is 11.4. The summed E-state index contributed by atoms with van der Waals surface area (Å²) < 4.78 is 10.9. The maximum Gasteiger partial charge on any atom is 0.508 e. The van der Waals surface area contributed by atoms with Crippen molar-refractivity contribution in [2.24, 2.45) is 0 Å². The molecule has 4 nitrogen and oxygen atoms in total. The lowest BCUT2D eigenvalue weighted by atomic mass is 9.81. The smallest absolute Gasteiger partial charge is 0.434 e. The molecule has 0 aromatic heterocycles. The highest BCUT2D eigenvalue weighted by Gasteiger charge is 2.39. The molecule has 190 valence electrons. The van der Waals surface area contributed by atoms with Crippen molar-refractivity contribution >= 4 is 6.16 Å². The number of nitrogens with one attached hydrogen (secondary N) is 1. The third-order valence-electron chi connectivity index (χ3n) is 6.63. The summed E-state index contributed by atoms with van der Waals surface area (Å²) in [6.45, 7) is 11.4. The van der Waals surface area contributed by atoms with Crippen LogP contribution in [-0.4, -0.2) is 29.9 Å². The first-order valence-corrected chi connectivity index (χ1v) is 13.9. The fourth-order valence-electron chi connectivity index (χ4n) is 5.29. The van der Waals surface area contributed by atoms with Crippen LogP contribution in [0.1, 0.15) is 150 Å². The molecule has 0 amide bonds. The molecule has 1 N–H and O–H groups in total. The number of ether oxygens (including phenoxy) is 2. The van der Waals surface area contributed by atoms with E-state index in [9.17, 15) is 4.79 Å². The van der Waals surface area contributed by atoms with Crippen molar-refractivity contribution in [2.75, 3.05) is 6.61 Å². The zero-order valence-corrected chi connectivity index (χ0v) is 22.2. The van der Waals surface area contributed by atoms with Gasteiger partial charge in [-0.15, -0.1) is 0 Å². The minimum atomic E-state index is -0.496. The first kappa shape index (κ1) is 29.3. The number of unbranched alkanes of at least 4 members (excludes halogenated alkanes) is 15. The van der Waals surface area contributed by atoms with Crippen LogP contribution in [0.2, 0.25) is 0 Å². The Bertz CT molecular complexity index is 459. The maximum absolute atomic E-state index is 12.0. The van der Waals surface area contributed by atoms with Crippen LogP contribution in [0.4, 0.5) is 4.79 Å². The molecule has 0 aromatic rings. The SMILES string of the molecule is CCCCCCCCCCCCCCCCCCOC(=O)OC1CC(C)(C)NC(C)(C)C1. The van der Waals surface area contributed by atoms with Crippen LogP contribution < -0.4 is 5.32 Å². The Kier molecular flexibility index (Phi) is 15.3. The quantitative estimate of drug-likeness (QED) is 0.166. The van der Waals surface area contributed by atoms with E-state index in [0.717, 1.165) is 25.7 Å². The summed E-state index contributed by atoms with van der Waals surface area (Å²) in [4.78, 5) is 12.0. The molecule has 1 aliphatic rings. The normalized spacial score (nSPS) is 17.9. The monoisotopic (exact) mass is 453 g/mol. The van der Waals surface area contributed by atoms with Gasteiger partial charge in [0.05, 0.1) is 6.61 Å². The second-order valence-corrected chi connectivity index (χ2v) is 11.4.